The monoisotopic (exact) mass is 306 g/mol. The predicted octanol–water partition coefficient (Wildman–Crippen LogP) is 4.26. The van der Waals surface area contributed by atoms with Gasteiger partial charge in [-0.05, 0) is 88.6 Å². The van der Waals surface area contributed by atoms with Crippen LogP contribution >= 0.6 is 0 Å². The van der Waals surface area contributed by atoms with Crippen molar-refractivity contribution in [2.75, 3.05) is 32.7 Å². The summed E-state index contributed by atoms with van der Waals surface area (Å²) in [4.78, 5) is 5.44. The van der Waals surface area contributed by atoms with E-state index < -0.39 is 0 Å². The molecule has 22 heavy (non-hydrogen) atoms. The average Bonchev–Trinajstić information content (AvgIpc) is 2.46. The van der Waals surface area contributed by atoms with E-state index in [-0.39, 0.29) is 0 Å². The lowest BCUT2D eigenvalue weighted by molar-refractivity contribution is -0.0537. The Kier molecular flexibility index (Phi) is 5.19. The summed E-state index contributed by atoms with van der Waals surface area (Å²) in [5.74, 6) is 2.89. The molecule has 0 amide bonds. The third-order valence-corrected chi connectivity index (χ3v) is 7.05. The van der Waals surface area contributed by atoms with Crippen molar-refractivity contribution in [2.24, 2.45) is 23.2 Å². The Hall–Kier alpha value is -0.0800. The highest BCUT2D eigenvalue weighted by Gasteiger charge is 2.45. The zero-order valence-electron chi connectivity index (χ0n) is 15.5. The van der Waals surface area contributed by atoms with Crippen LogP contribution in [0.15, 0.2) is 0 Å². The molecule has 0 atom stereocenters. The molecule has 2 saturated heterocycles. The van der Waals surface area contributed by atoms with Gasteiger partial charge in [-0.15, -0.1) is 0 Å². The highest BCUT2D eigenvalue weighted by Crippen LogP contribution is 2.47. The molecule has 0 N–H and O–H groups in total. The van der Waals surface area contributed by atoms with Crippen molar-refractivity contribution in [2.45, 2.75) is 72.3 Å². The Balaban J connectivity index is 1.36. The molecular formula is C20H38N2. The molecule has 2 heterocycles. The first kappa shape index (κ1) is 16.8. The molecule has 2 nitrogen and oxygen atoms in total. The van der Waals surface area contributed by atoms with Gasteiger partial charge in [-0.3, -0.25) is 0 Å². The van der Waals surface area contributed by atoms with Gasteiger partial charge >= 0.3 is 0 Å². The molecule has 2 aliphatic heterocycles. The van der Waals surface area contributed by atoms with Crippen molar-refractivity contribution in [3.8, 4) is 0 Å². The molecule has 2 heteroatoms. The van der Waals surface area contributed by atoms with E-state index in [1.807, 2.05) is 0 Å². The maximum absolute atomic E-state index is 2.78. The maximum Gasteiger partial charge on any atom is 0.00506 e. The topological polar surface area (TPSA) is 6.48 Å². The van der Waals surface area contributed by atoms with Gasteiger partial charge in [0.25, 0.3) is 0 Å². The quantitative estimate of drug-likeness (QED) is 0.766. The van der Waals surface area contributed by atoms with E-state index in [1.165, 1.54) is 71.2 Å². The molecule has 0 aromatic carbocycles. The van der Waals surface area contributed by atoms with E-state index >= 15 is 0 Å². The van der Waals surface area contributed by atoms with Gasteiger partial charge < -0.3 is 9.80 Å². The summed E-state index contributed by atoms with van der Waals surface area (Å²) in [7, 11) is 0. The number of hydrogen-bond donors (Lipinski definition) is 0. The van der Waals surface area contributed by atoms with E-state index in [4.69, 9.17) is 0 Å². The van der Waals surface area contributed by atoms with E-state index in [9.17, 15) is 0 Å². The third-order valence-electron chi connectivity index (χ3n) is 7.05. The number of nitrogens with zero attached hydrogens (tertiary/aromatic N) is 2. The van der Waals surface area contributed by atoms with Gasteiger partial charge in [-0.1, -0.05) is 13.8 Å². The van der Waals surface area contributed by atoms with Crippen LogP contribution in [0.4, 0.5) is 0 Å². The highest BCUT2D eigenvalue weighted by atomic mass is 15.2. The lowest BCUT2D eigenvalue weighted by Gasteiger charge is -2.55. The predicted molar refractivity (Wildman–Crippen MR) is 95.1 cm³/mol. The van der Waals surface area contributed by atoms with Crippen molar-refractivity contribution < 1.29 is 0 Å². The van der Waals surface area contributed by atoms with Crippen LogP contribution in [0.3, 0.4) is 0 Å². The van der Waals surface area contributed by atoms with Crippen LogP contribution < -0.4 is 0 Å². The lowest BCUT2D eigenvalue weighted by Crippen LogP contribution is -2.59. The van der Waals surface area contributed by atoms with E-state index in [1.54, 1.807) is 0 Å². The maximum atomic E-state index is 2.78. The van der Waals surface area contributed by atoms with Gasteiger partial charge in [-0.2, -0.15) is 0 Å². The van der Waals surface area contributed by atoms with Crippen molar-refractivity contribution in [1.29, 1.82) is 0 Å². The first-order valence-electron chi connectivity index (χ1n) is 9.94. The third kappa shape index (κ3) is 3.70. The first-order valence-corrected chi connectivity index (χ1v) is 9.94. The minimum absolute atomic E-state index is 0.740. The summed E-state index contributed by atoms with van der Waals surface area (Å²) in [6, 6.07) is 0.740. The lowest BCUT2D eigenvalue weighted by atomic mass is 9.64. The second-order valence-electron chi connectivity index (χ2n) is 9.32. The van der Waals surface area contributed by atoms with E-state index in [0.717, 1.165) is 29.2 Å². The average molecular weight is 307 g/mol. The van der Waals surface area contributed by atoms with Crippen molar-refractivity contribution in [3.05, 3.63) is 0 Å². The highest BCUT2D eigenvalue weighted by molar-refractivity contribution is 4.98. The van der Waals surface area contributed by atoms with Crippen molar-refractivity contribution >= 4 is 0 Å². The van der Waals surface area contributed by atoms with Gasteiger partial charge in [0.05, 0.1) is 0 Å². The van der Waals surface area contributed by atoms with E-state index in [2.05, 4.69) is 37.5 Å². The van der Waals surface area contributed by atoms with Crippen molar-refractivity contribution in [3.63, 3.8) is 0 Å². The molecule has 1 saturated carbocycles. The summed E-state index contributed by atoms with van der Waals surface area (Å²) < 4.78 is 0. The molecule has 0 bridgehead atoms. The molecule has 1 aliphatic carbocycles. The molecule has 0 aromatic heterocycles. The minimum Gasteiger partial charge on any atom is -0.302 e. The summed E-state index contributed by atoms with van der Waals surface area (Å²) in [5, 5.41) is 0. The Labute approximate surface area is 138 Å². The molecule has 0 radical (unpaired) electrons. The molecule has 3 fully saturated rings. The van der Waals surface area contributed by atoms with Crippen LogP contribution in [0.1, 0.15) is 66.2 Å². The van der Waals surface area contributed by atoms with Gasteiger partial charge in [0, 0.05) is 25.7 Å². The molecule has 3 aliphatic rings. The second kappa shape index (κ2) is 6.81. The smallest absolute Gasteiger partial charge is 0.00506 e. The second-order valence-corrected chi connectivity index (χ2v) is 9.32. The number of likely N-dealkylation sites (tertiary alicyclic amines) is 2. The van der Waals surface area contributed by atoms with Crippen LogP contribution in [0.25, 0.3) is 0 Å². The van der Waals surface area contributed by atoms with Gasteiger partial charge in [-0.25, -0.2) is 0 Å². The first-order chi connectivity index (χ1) is 10.5. The Morgan fingerprint density at radius 2 is 1.50 bits per heavy atom. The number of piperidine rings is 1. The fourth-order valence-electron chi connectivity index (χ4n) is 5.28. The summed E-state index contributed by atoms with van der Waals surface area (Å²) in [6.07, 6.45) is 8.88. The summed E-state index contributed by atoms with van der Waals surface area (Å²) >= 11 is 0. The van der Waals surface area contributed by atoms with Crippen LogP contribution in [-0.4, -0.2) is 48.6 Å². The van der Waals surface area contributed by atoms with Crippen molar-refractivity contribution in [1.82, 2.24) is 9.80 Å². The zero-order chi connectivity index (χ0) is 15.7. The normalized spacial score (nSPS) is 28.6. The molecule has 128 valence electrons. The largest absolute Gasteiger partial charge is 0.302 e. The SMILES string of the molecule is CC(C)C1CCC2(CC1)CN(CC1CCN(C(C)C)CC1)C2. The molecular weight excluding hydrogens is 268 g/mol. The van der Waals surface area contributed by atoms with Gasteiger partial charge in [0.2, 0.25) is 0 Å². The van der Waals surface area contributed by atoms with Crippen LogP contribution in [-0.2, 0) is 0 Å². The van der Waals surface area contributed by atoms with Crippen LogP contribution in [0.2, 0.25) is 0 Å². The van der Waals surface area contributed by atoms with Gasteiger partial charge in [0.1, 0.15) is 0 Å². The van der Waals surface area contributed by atoms with E-state index in [0.29, 0.717) is 0 Å². The Bertz CT molecular complexity index is 336. The van der Waals surface area contributed by atoms with Gasteiger partial charge in [0.15, 0.2) is 0 Å². The fraction of sp³-hybridized carbons (Fsp3) is 1.00. The standard InChI is InChI=1S/C20H38N2/c1-16(2)19-5-9-20(10-6-19)14-21(15-20)13-18-7-11-22(12-8-18)17(3)4/h16-19H,5-15H2,1-4H3. The Morgan fingerprint density at radius 1 is 0.909 bits per heavy atom. The number of hydrogen-bond acceptors (Lipinski definition) is 2. The molecule has 1 spiro atoms. The van der Waals surface area contributed by atoms with Crippen LogP contribution in [0, 0.1) is 23.2 Å². The molecule has 0 unspecified atom stereocenters. The molecule has 3 rings (SSSR count). The summed E-state index contributed by atoms with van der Waals surface area (Å²) in [6.45, 7) is 16.4. The summed E-state index contributed by atoms with van der Waals surface area (Å²) in [5.41, 5.74) is 0.740. The van der Waals surface area contributed by atoms with Crippen LogP contribution in [0.5, 0.6) is 0 Å². The molecule has 0 aromatic rings. The number of rotatable bonds is 4. The minimum atomic E-state index is 0.740. The Morgan fingerprint density at radius 3 is 2.00 bits per heavy atom. The zero-order valence-corrected chi connectivity index (χ0v) is 15.5. The fourth-order valence-corrected chi connectivity index (χ4v) is 5.28.